The molecule has 0 bridgehead atoms. The molecule has 4 heteroatoms. The van der Waals surface area contributed by atoms with Crippen molar-refractivity contribution in [3.8, 4) is 5.75 Å². The molecule has 0 saturated carbocycles. The van der Waals surface area contributed by atoms with Gasteiger partial charge in [0.25, 0.3) is 0 Å². The van der Waals surface area contributed by atoms with Crippen LogP contribution in [0.15, 0.2) is 24.3 Å². The number of halogens is 1. The van der Waals surface area contributed by atoms with Gasteiger partial charge in [0.1, 0.15) is 5.75 Å². The van der Waals surface area contributed by atoms with Crippen molar-refractivity contribution in [1.82, 2.24) is 0 Å². The van der Waals surface area contributed by atoms with Crippen LogP contribution in [-0.4, -0.2) is 17.9 Å². The number of alkyl halides is 1. The Balaban J connectivity index is 2.62. The summed E-state index contributed by atoms with van der Waals surface area (Å²) in [4.78, 5) is 11.4. The number of hydrogen-bond donors (Lipinski definition) is 1. The van der Waals surface area contributed by atoms with E-state index in [2.05, 4.69) is 12.2 Å². The van der Waals surface area contributed by atoms with Crippen molar-refractivity contribution in [1.29, 1.82) is 0 Å². The van der Waals surface area contributed by atoms with Gasteiger partial charge in [-0.15, -0.1) is 11.6 Å². The fourth-order valence-corrected chi connectivity index (χ4v) is 1.44. The number of carbonyl (C=O) groups excluding carboxylic acids is 1. The molecule has 3 nitrogen and oxygen atoms in total. The van der Waals surface area contributed by atoms with Crippen LogP contribution < -0.4 is 10.1 Å². The molecule has 0 heterocycles. The SMILES string of the molecule is CCC(C)Oc1cccc(NC(=O)CCCl)c1. The summed E-state index contributed by atoms with van der Waals surface area (Å²) in [5.74, 6) is 1.01. The summed E-state index contributed by atoms with van der Waals surface area (Å²) in [6, 6.07) is 7.38. The zero-order chi connectivity index (χ0) is 12.7. The van der Waals surface area contributed by atoms with Crippen molar-refractivity contribution >= 4 is 23.2 Å². The molecule has 1 atom stereocenters. The zero-order valence-corrected chi connectivity index (χ0v) is 11.0. The van der Waals surface area contributed by atoms with Crippen molar-refractivity contribution < 1.29 is 9.53 Å². The summed E-state index contributed by atoms with van der Waals surface area (Å²) in [6.07, 6.45) is 1.43. The predicted molar refractivity (Wildman–Crippen MR) is 70.8 cm³/mol. The smallest absolute Gasteiger partial charge is 0.225 e. The first-order chi connectivity index (χ1) is 8.15. The second-order valence-corrected chi connectivity index (χ2v) is 4.23. The minimum absolute atomic E-state index is 0.0827. The summed E-state index contributed by atoms with van der Waals surface area (Å²) in [6.45, 7) is 4.08. The van der Waals surface area contributed by atoms with E-state index in [-0.39, 0.29) is 12.0 Å². The lowest BCUT2D eigenvalue weighted by atomic mass is 10.2. The minimum atomic E-state index is -0.0827. The van der Waals surface area contributed by atoms with Crippen molar-refractivity contribution in [2.24, 2.45) is 0 Å². The molecule has 17 heavy (non-hydrogen) atoms. The summed E-state index contributed by atoms with van der Waals surface area (Å²) in [5, 5.41) is 2.77. The van der Waals surface area contributed by atoms with Gasteiger partial charge in [-0.2, -0.15) is 0 Å². The van der Waals surface area contributed by atoms with Gasteiger partial charge in [-0.3, -0.25) is 4.79 Å². The molecule has 94 valence electrons. The van der Waals surface area contributed by atoms with Crippen LogP contribution >= 0.6 is 11.6 Å². The number of benzene rings is 1. The molecular weight excluding hydrogens is 238 g/mol. The highest BCUT2D eigenvalue weighted by molar-refractivity contribution is 6.19. The third-order valence-corrected chi connectivity index (χ3v) is 2.54. The molecule has 0 aliphatic carbocycles. The van der Waals surface area contributed by atoms with E-state index in [0.29, 0.717) is 12.3 Å². The molecule has 1 aromatic carbocycles. The third-order valence-electron chi connectivity index (χ3n) is 2.35. The number of anilines is 1. The maximum Gasteiger partial charge on any atom is 0.225 e. The Morgan fingerprint density at radius 2 is 2.29 bits per heavy atom. The summed E-state index contributed by atoms with van der Waals surface area (Å²) in [5.41, 5.74) is 0.737. The van der Waals surface area contributed by atoms with Gasteiger partial charge < -0.3 is 10.1 Å². The van der Waals surface area contributed by atoms with Crippen molar-refractivity contribution in [3.05, 3.63) is 24.3 Å². The van der Waals surface area contributed by atoms with E-state index >= 15 is 0 Å². The van der Waals surface area contributed by atoms with Gasteiger partial charge >= 0.3 is 0 Å². The van der Waals surface area contributed by atoms with Gasteiger partial charge in [0.2, 0.25) is 5.91 Å². The number of nitrogens with one attached hydrogen (secondary N) is 1. The number of carbonyl (C=O) groups is 1. The van der Waals surface area contributed by atoms with Gasteiger partial charge in [-0.25, -0.2) is 0 Å². The lowest BCUT2D eigenvalue weighted by molar-refractivity contribution is -0.115. The first-order valence-corrected chi connectivity index (χ1v) is 6.31. The average Bonchev–Trinajstić information content (AvgIpc) is 2.29. The first kappa shape index (κ1) is 13.8. The predicted octanol–water partition coefficient (Wildman–Crippen LogP) is 3.43. The monoisotopic (exact) mass is 255 g/mol. The highest BCUT2D eigenvalue weighted by Crippen LogP contribution is 2.19. The molecule has 1 aromatic rings. The first-order valence-electron chi connectivity index (χ1n) is 5.78. The highest BCUT2D eigenvalue weighted by Gasteiger charge is 2.04. The normalized spacial score (nSPS) is 11.9. The highest BCUT2D eigenvalue weighted by atomic mass is 35.5. The van der Waals surface area contributed by atoms with Crippen LogP contribution in [0.2, 0.25) is 0 Å². The summed E-state index contributed by atoms with van der Waals surface area (Å²) in [7, 11) is 0. The van der Waals surface area contributed by atoms with Gasteiger partial charge in [0.05, 0.1) is 6.10 Å². The van der Waals surface area contributed by atoms with Crippen molar-refractivity contribution in [3.63, 3.8) is 0 Å². The topological polar surface area (TPSA) is 38.3 Å². The van der Waals surface area contributed by atoms with E-state index in [1.165, 1.54) is 0 Å². The third kappa shape index (κ3) is 5.09. The molecule has 0 aliphatic heterocycles. The number of ether oxygens (including phenoxy) is 1. The van der Waals surface area contributed by atoms with Crippen LogP contribution in [0.5, 0.6) is 5.75 Å². The lowest BCUT2D eigenvalue weighted by Gasteiger charge is -2.13. The maximum absolute atomic E-state index is 11.4. The fourth-order valence-electron chi connectivity index (χ4n) is 1.27. The molecule has 0 radical (unpaired) electrons. The lowest BCUT2D eigenvalue weighted by Crippen LogP contribution is -2.12. The maximum atomic E-state index is 11.4. The van der Waals surface area contributed by atoms with Crippen molar-refractivity contribution in [2.45, 2.75) is 32.8 Å². The van der Waals surface area contributed by atoms with E-state index in [9.17, 15) is 4.79 Å². The van der Waals surface area contributed by atoms with E-state index in [1.54, 1.807) is 0 Å². The number of amides is 1. The van der Waals surface area contributed by atoms with Crippen molar-refractivity contribution in [2.75, 3.05) is 11.2 Å². The quantitative estimate of drug-likeness (QED) is 0.791. The Hall–Kier alpha value is -1.22. The van der Waals surface area contributed by atoms with Crippen LogP contribution in [0.1, 0.15) is 26.7 Å². The second kappa shape index (κ2) is 7.17. The van der Waals surface area contributed by atoms with Crippen LogP contribution in [-0.2, 0) is 4.79 Å². The van der Waals surface area contributed by atoms with Crippen LogP contribution in [0.3, 0.4) is 0 Å². The molecule has 1 amide bonds. The average molecular weight is 256 g/mol. The van der Waals surface area contributed by atoms with Gasteiger partial charge in [-0.05, 0) is 25.5 Å². The largest absolute Gasteiger partial charge is 0.491 e. The Labute approximate surface area is 107 Å². The molecule has 1 rings (SSSR count). The van der Waals surface area contributed by atoms with Crippen LogP contribution in [0.4, 0.5) is 5.69 Å². The summed E-state index contributed by atoms with van der Waals surface area (Å²) < 4.78 is 5.67. The second-order valence-electron chi connectivity index (χ2n) is 3.85. The molecule has 0 aromatic heterocycles. The number of hydrogen-bond acceptors (Lipinski definition) is 2. The summed E-state index contributed by atoms with van der Waals surface area (Å²) >= 11 is 5.50. The zero-order valence-electron chi connectivity index (χ0n) is 10.2. The van der Waals surface area contributed by atoms with E-state index in [1.807, 2.05) is 31.2 Å². The molecule has 0 spiro atoms. The Bertz CT molecular complexity index is 368. The molecule has 1 N–H and O–H groups in total. The molecule has 1 unspecified atom stereocenters. The van der Waals surface area contributed by atoms with E-state index in [0.717, 1.165) is 17.9 Å². The number of rotatable bonds is 6. The molecule has 0 fully saturated rings. The molecule has 0 saturated heterocycles. The van der Waals surface area contributed by atoms with E-state index < -0.39 is 0 Å². The van der Waals surface area contributed by atoms with Gasteiger partial charge in [0, 0.05) is 24.1 Å². The Morgan fingerprint density at radius 3 is 2.94 bits per heavy atom. The molecular formula is C13H18ClNO2. The standard InChI is InChI=1S/C13H18ClNO2/c1-3-10(2)17-12-6-4-5-11(9-12)15-13(16)7-8-14/h4-6,9-10H,3,7-8H2,1-2H3,(H,15,16). The fraction of sp³-hybridized carbons (Fsp3) is 0.462. The Morgan fingerprint density at radius 1 is 1.53 bits per heavy atom. The van der Waals surface area contributed by atoms with E-state index in [4.69, 9.17) is 16.3 Å². The van der Waals surface area contributed by atoms with Crippen LogP contribution in [0, 0.1) is 0 Å². The van der Waals surface area contributed by atoms with Gasteiger partial charge in [0.15, 0.2) is 0 Å². The van der Waals surface area contributed by atoms with Crippen LogP contribution in [0.25, 0.3) is 0 Å². The Kier molecular flexibility index (Phi) is 5.84. The van der Waals surface area contributed by atoms with Gasteiger partial charge in [-0.1, -0.05) is 13.0 Å². The molecule has 0 aliphatic rings. The minimum Gasteiger partial charge on any atom is -0.491 e.